The van der Waals surface area contributed by atoms with Crippen LogP contribution in [-0.2, 0) is 4.79 Å². The van der Waals surface area contributed by atoms with E-state index in [1.54, 1.807) is 6.20 Å². The van der Waals surface area contributed by atoms with Gasteiger partial charge in [-0.2, -0.15) is 0 Å². The fourth-order valence-electron chi connectivity index (χ4n) is 5.18. The highest BCUT2D eigenvalue weighted by Gasteiger charge is 2.45. The van der Waals surface area contributed by atoms with E-state index in [0.29, 0.717) is 11.6 Å². The number of rotatable bonds is 3. The molecular formula is C23H28ClN5O. The monoisotopic (exact) mass is 425 g/mol. The van der Waals surface area contributed by atoms with Crippen LogP contribution in [0.15, 0.2) is 36.7 Å². The third kappa shape index (κ3) is 3.52. The van der Waals surface area contributed by atoms with Crippen LogP contribution in [0.25, 0.3) is 11.1 Å². The van der Waals surface area contributed by atoms with Crippen LogP contribution in [0.2, 0.25) is 5.02 Å². The Balaban J connectivity index is 1.50. The molecule has 0 aliphatic carbocycles. The highest BCUT2D eigenvalue weighted by Crippen LogP contribution is 2.43. The molecule has 30 heavy (non-hydrogen) atoms. The van der Waals surface area contributed by atoms with Gasteiger partial charge in [0.15, 0.2) is 0 Å². The summed E-state index contributed by atoms with van der Waals surface area (Å²) >= 11 is 6.71. The second-order valence-electron chi connectivity index (χ2n) is 8.62. The molecule has 6 nitrogen and oxygen atoms in total. The lowest BCUT2D eigenvalue weighted by Gasteiger charge is -2.40. The van der Waals surface area contributed by atoms with E-state index in [1.165, 1.54) is 5.69 Å². The SMILES string of the molecule is O=C1NCCC12CCCN(c1c(Cl)cncc1-c1cccc(N3CCNCC3)c1)C2. The minimum atomic E-state index is -0.287. The molecule has 3 saturated heterocycles. The summed E-state index contributed by atoms with van der Waals surface area (Å²) < 4.78 is 0. The van der Waals surface area contributed by atoms with Gasteiger partial charge in [-0.25, -0.2) is 0 Å². The van der Waals surface area contributed by atoms with Crippen molar-refractivity contribution in [1.29, 1.82) is 0 Å². The molecule has 2 N–H and O–H groups in total. The van der Waals surface area contributed by atoms with Crippen molar-refractivity contribution in [3.8, 4) is 11.1 Å². The van der Waals surface area contributed by atoms with E-state index < -0.39 is 0 Å². The molecule has 1 atom stereocenters. The molecule has 3 aliphatic rings. The Labute approximate surface area is 182 Å². The molecule has 2 aromatic rings. The van der Waals surface area contributed by atoms with Gasteiger partial charge in [-0.15, -0.1) is 0 Å². The number of carbonyl (C=O) groups is 1. The molecule has 1 spiro atoms. The Bertz CT molecular complexity index is 945. The molecule has 4 heterocycles. The normalized spacial score (nSPS) is 24.4. The van der Waals surface area contributed by atoms with Crippen LogP contribution in [0.3, 0.4) is 0 Å². The van der Waals surface area contributed by atoms with Crippen molar-refractivity contribution >= 4 is 28.9 Å². The van der Waals surface area contributed by atoms with Gasteiger partial charge in [-0.3, -0.25) is 9.78 Å². The van der Waals surface area contributed by atoms with Crippen LogP contribution in [0.5, 0.6) is 0 Å². The second kappa shape index (κ2) is 8.08. The van der Waals surface area contributed by atoms with E-state index >= 15 is 0 Å². The standard InChI is InChI=1S/C23H28ClN5O/c24-20-15-26-14-19(17-3-1-4-18(13-17)28-11-8-25-9-12-28)21(20)29-10-2-5-23(16-29)6-7-27-22(23)30/h1,3-4,13-15,25H,2,5-12,16H2,(H,27,30). The third-order valence-electron chi connectivity index (χ3n) is 6.78. The number of aromatic nitrogens is 1. The van der Waals surface area contributed by atoms with Gasteiger partial charge in [0.05, 0.1) is 16.1 Å². The Morgan fingerprint density at radius 1 is 1.03 bits per heavy atom. The number of pyridine rings is 1. The molecule has 0 radical (unpaired) electrons. The first-order valence-electron chi connectivity index (χ1n) is 10.9. The number of amides is 1. The predicted octanol–water partition coefficient (Wildman–Crippen LogP) is 2.92. The van der Waals surface area contributed by atoms with Crippen molar-refractivity contribution in [3.05, 3.63) is 41.7 Å². The van der Waals surface area contributed by atoms with Gasteiger partial charge in [0.2, 0.25) is 5.91 Å². The van der Waals surface area contributed by atoms with Gasteiger partial charge in [-0.05, 0) is 37.0 Å². The minimum absolute atomic E-state index is 0.194. The van der Waals surface area contributed by atoms with E-state index in [1.807, 2.05) is 6.20 Å². The van der Waals surface area contributed by atoms with Gasteiger partial charge < -0.3 is 20.4 Å². The summed E-state index contributed by atoms with van der Waals surface area (Å²) in [4.78, 5) is 21.7. The number of piperazine rings is 1. The van der Waals surface area contributed by atoms with Gasteiger partial charge in [0, 0.05) is 69.5 Å². The molecule has 158 valence electrons. The number of anilines is 2. The number of hydrogen-bond donors (Lipinski definition) is 2. The Morgan fingerprint density at radius 3 is 2.70 bits per heavy atom. The van der Waals surface area contributed by atoms with Gasteiger partial charge in [-0.1, -0.05) is 23.7 Å². The van der Waals surface area contributed by atoms with E-state index in [-0.39, 0.29) is 11.3 Å². The molecule has 1 amide bonds. The smallest absolute Gasteiger partial charge is 0.228 e. The number of carbonyl (C=O) groups excluding carboxylic acids is 1. The van der Waals surface area contributed by atoms with Crippen molar-refractivity contribution in [2.45, 2.75) is 19.3 Å². The number of nitrogens with one attached hydrogen (secondary N) is 2. The molecule has 1 unspecified atom stereocenters. The highest BCUT2D eigenvalue weighted by atomic mass is 35.5. The van der Waals surface area contributed by atoms with Crippen LogP contribution in [-0.4, -0.2) is 56.7 Å². The Morgan fingerprint density at radius 2 is 1.90 bits per heavy atom. The van der Waals surface area contributed by atoms with Crippen LogP contribution in [0.1, 0.15) is 19.3 Å². The summed E-state index contributed by atoms with van der Waals surface area (Å²) in [7, 11) is 0. The second-order valence-corrected chi connectivity index (χ2v) is 9.02. The van der Waals surface area contributed by atoms with Gasteiger partial charge >= 0.3 is 0 Å². The van der Waals surface area contributed by atoms with Crippen molar-refractivity contribution in [3.63, 3.8) is 0 Å². The fraction of sp³-hybridized carbons (Fsp3) is 0.478. The molecule has 3 fully saturated rings. The highest BCUT2D eigenvalue weighted by molar-refractivity contribution is 6.33. The topological polar surface area (TPSA) is 60.5 Å². The maximum absolute atomic E-state index is 12.6. The molecule has 1 aromatic carbocycles. The van der Waals surface area contributed by atoms with Crippen molar-refractivity contribution in [1.82, 2.24) is 15.6 Å². The predicted molar refractivity (Wildman–Crippen MR) is 121 cm³/mol. The molecule has 7 heteroatoms. The first kappa shape index (κ1) is 19.6. The summed E-state index contributed by atoms with van der Waals surface area (Å²) in [5.74, 6) is 0.194. The van der Waals surface area contributed by atoms with Crippen molar-refractivity contribution < 1.29 is 4.79 Å². The van der Waals surface area contributed by atoms with Crippen molar-refractivity contribution in [2.75, 3.05) is 55.6 Å². The number of hydrogen-bond acceptors (Lipinski definition) is 5. The fourth-order valence-corrected chi connectivity index (χ4v) is 5.46. The summed E-state index contributed by atoms with van der Waals surface area (Å²) in [6, 6.07) is 8.65. The number of benzene rings is 1. The van der Waals surface area contributed by atoms with E-state index in [9.17, 15) is 4.79 Å². The molecular weight excluding hydrogens is 398 g/mol. The Kier molecular flexibility index (Phi) is 5.29. The average molecular weight is 426 g/mol. The molecule has 1 aromatic heterocycles. The maximum atomic E-state index is 12.6. The summed E-state index contributed by atoms with van der Waals surface area (Å²) in [6.07, 6.45) is 6.47. The Hall–Kier alpha value is -2.31. The van der Waals surface area contributed by atoms with Crippen LogP contribution >= 0.6 is 11.6 Å². The largest absolute Gasteiger partial charge is 0.369 e. The first-order valence-corrected chi connectivity index (χ1v) is 11.3. The zero-order valence-electron chi connectivity index (χ0n) is 17.2. The van der Waals surface area contributed by atoms with E-state index in [0.717, 1.165) is 75.3 Å². The van der Waals surface area contributed by atoms with E-state index in [2.05, 4.69) is 49.7 Å². The lowest BCUT2D eigenvalue weighted by Crippen LogP contribution is -2.47. The van der Waals surface area contributed by atoms with Crippen LogP contribution < -0.4 is 20.4 Å². The van der Waals surface area contributed by atoms with Crippen molar-refractivity contribution in [2.24, 2.45) is 5.41 Å². The lowest BCUT2D eigenvalue weighted by molar-refractivity contribution is -0.128. The van der Waals surface area contributed by atoms with Gasteiger partial charge in [0.25, 0.3) is 0 Å². The average Bonchev–Trinajstić information content (AvgIpc) is 3.13. The number of nitrogens with zero attached hydrogens (tertiary/aromatic N) is 3. The van der Waals surface area contributed by atoms with E-state index in [4.69, 9.17) is 11.6 Å². The number of halogens is 1. The zero-order chi connectivity index (χ0) is 20.6. The van der Waals surface area contributed by atoms with Gasteiger partial charge in [0.1, 0.15) is 0 Å². The quantitative estimate of drug-likeness (QED) is 0.791. The lowest BCUT2D eigenvalue weighted by atomic mass is 9.78. The van der Waals surface area contributed by atoms with Crippen LogP contribution in [0, 0.1) is 5.41 Å². The zero-order valence-corrected chi connectivity index (χ0v) is 17.9. The molecule has 0 bridgehead atoms. The van der Waals surface area contributed by atoms with Crippen LogP contribution in [0.4, 0.5) is 11.4 Å². The minimum Gasteiger partial charge on any atom is -0.369 e. The molecule has 3 aliphatic heterocycles. The summed E-state index contributed by atoms with van der Waals surface area (Å²) in [5.41, 5.74) is 4.10. The summed E-state index contributed by atoms with van der Waals surface area (Å²) in [6.45, 7) is 6.42. The summed E-state index contributed by atoms with van der Waals surface area (Å²) in [5, 5.41) is 7.09. The molecule has 5 rings (SSSR count). The molecule has 0 saturated carbocycles. The first-order chi connectivity index (χ1) is 14.7. The maximum Gasteiger partial charge on any atom is 0.228 e. The third-order valence-corrected chi connectivity index (χ3v) is 7.05. The number of piperidine rings is 1.